The Bertz CT molecular complexity index is 341. The molecule has 5 nitrogen and oxygen atoms in total. The number of nitrogens with zero attached hydrogens (tertiary/aromatic N) is 3. The van der Waals surface area contributed by atoms with Gasteiger partial charge in [-0.3, -0.25) is 0 Å². The van der Waals surface area contributed by atoms with E-state index < -0.39 is 0 Å². The third-order valence-electron chi connectivity index (χ3n) is 2.53. The van der Waals surface area contributed by atoms with E-state index in [1.807, 2.05) is 13.1 Å². The quantitative estimate of drug-likeness (QED) is 0.569. The molecule has 0 amide bonds. The van der Waals surface area contributed by atoms with Gasteiger partial charge in [-0.15, -0.1) is 11.8 Å². The topological polar surface area (TPSA) is 67.1 Å². The smallest absolute Gasteiger partial charge is 0.223 e. The van der Waals surface area contributed by atoms with Gasteiger partial charge in [-0.25, -0.2) is 4.98 Å². The second-order valence-electron chi connectivity index (χ2n) is 3.57. The molecule has 0 aliphatic heterocycles. The molecule has 0 atom stereocenters. The lowest BCUT2D eigenvalue weighted by Gasteiger charge is -2.17. The maximum atomic E-state index is 5.63. The molecule has 6 heteroatoms. The van der Waals surface area contributed by atoms with Crippen LogP contribution in [0.25, 0.3) is 0 Å². The number of hydrogen-bond donors (Lipinski definition) is 2. The van der Waals surface area contributed by atoms with Gasteiger partial charge < -0.3 is 16.0 Å². The maximum Gasteiger partial charge on any atom is 0.223 e. The van der Waals surface area contributed by atoms with Crippen molar-refractivity contribution in [2.75, 3.05) is 43.5 Å². The fraction of sp³-hybridized carbons (Fsp3) is 0.636. The Morgan fingerprint density at radius 1 is 1.35 bits per heavy atom. The van der Waals surface area contributed by atoms with Gasteiger partial charge in [0.1, 0.15) is 10.8 Å². The van der Waals surface area contributed by atoms with Crippen LogP contribution in [0.5, 0.6) is 0 Å². The van der Waals surface area contributed by atoms with Crippen molar-refractivity contribution in [3.05, 3.63) is 6.07 Å². The van der Waals surface area contributed by atoms with Gasteiger partial charge in [-0.05, 0) is 13.1 Å². The van der Waals surface area contributed by atoms with Crippen LogP contribution >= 0.6 is 11.8 Å². The lowest BCUT2D eigenvalue weighted by atomic mass is 10.5. The van der Waals surface area contributed by atoms with E-state index in [0.717, 1.165) is 36.2 Å². The molecular formula is C11H21N5S. The molecule has 0 saturated carbocycles. The molecular weight excluding hydrogens is 234 g/mol. The minimum atomic E-state index is 0.321. The first-order chi connectivity index (χ1) is 8.19. The molecule has 0 aromatic carbocycles. The van der Waals surface area contributed by atoms with Crippen LogP contribution in [0.2, 0.25) is 0 Å². The number of hydrogen-bond acceptors (Lipinski definition) is 6. The van der Waals surface area contributed by atoms with Gasteiger partial charge in [-0.1, -0.05) is 13.8 Å². The molecule has 3 N–H and O–H groups in total. The zero-order chi connectivity index (χ0) is 12.7. The zero-order valence-corrected chi connectivity index (χ0v) is 11.5. The minimum Gasteiger partial charge on any atom is -0.373 e. The lowest BCUT2D eigenvalue weighted by molar-refractivity contribution is 0.324. The summed E-state index contributed by atoms with van der Waals surface area (Å²) in [6, 6.07) is 1.92. The molecule has 1 aromatic heterocycles. The second-order valence-corrected chi connectivity index (χ2v) is 4.69. The predicted octanol–water partition coefficient (Wildman–Crippen LogP) is 1.53. The number of nitrogens with two attached hydrogens (primary N) is 1. The molecule has 0 bridgehead atoms. The Morgan fingerprint density at radius 2 is 2.06 bits per heavy atom. The molecule has 96 valence electrons. The first-order valence-corrected chi connectivity index (χ1v) is 6.85. The average Bonchev–Trinajstić information content (AvgIpc) is 2.34. The third-order valence-corrected chi connectivity index (χ3v) is 3.42. The number of anilines is 2. The summed E-state index contributed by atoms with van der Waals surface area (Å²) in [7, 11) is 1.83. The van der Waals surface area contributed by atoms with Crippen molar-refractivity contribution >= 4 is 23.5 Å². The Hall–Kier alpha value is -1.01. The van der Waals surface area contributed by atoms with Crippen LogP contribution in [-0.2, 0) is 0 Å². The van der Waals surface area contributed by atoms with Gasteiger partial charge in [0.25, 0.3) is 0 Å². The average molecular weight is 255 g/mol. The fourth-order valence-electron chi connectivity index (χ4n) is 1.46. The summed E-state index contributed by atoms with van der Waals surface area (Å²) in [5.74, 6) is 2.10. The maximum absolute atomic E-state index is 5.63. The van der Waals surface area contributed by atoms with Crippen LogP contribution in [-0.4, -0.2) is 47.3 Å². The van der Waals surface area contributed by atoms with Crippen molar-refractivity contribution in [1.82, 2.24) is 14.9 Å². The zero-order valence-electron chi connectivity index (χ0n) is 10.7. The molecule has 0 unspecified atom stereocenters. The summed E-state index contributed by atoms with van der Waals surface area (Å²) >= 11 is 1.71. The van der Waals surface area contributed by atoms with E-state index in [9.17, 15) is 0 Å². The Balaban J connectivity index is 2.48. The van der Waals surface area contributed by atoms with Gasteiger partial charge in [0.2, 0.25) is 5.95 Å². The van der Waals surface area contributed by atoms with Crippen molar-refractivity contribution in [1.29, 1.82) is 0 Å². The highest BCUT2D eigenvalue weighted by atomic mass is 32.2. The molecule has 0 fully saturated rings. The van der Waals surface area contributed by atoms with E-state index in [1.54, 1.807) is 11.8 Å². The summed E-state index contributed by atoms with van der Waals surface area (Å²) in [4.78, 5) is 10.6. The molecule has 0 saturated heterocycles. The number of rotatable bonds is 7. The highest BCUT2D eigenvalue weighted by Gasteiger charge is 2.03. The van der Waals surface area contributed by atoms with Crippen LogP contribution in [0.1, 0.15) is 13.8 Å². The number of nitrogens with one attached hydrogen (secondary N) is 1. The van der Waals surface area contributed by atoms with Crippen molar-refractivity contribution in [2.24, 2.45) is 0 Å². The predicted molar refractivity (Wildman–Crippen MR) is 74.5 cm³/mol. The van der Waals surface area contributed by atoms with Gasteiger partial charge in [0.05, 0.1) is 0 Å². The van der Waals surface area contributed by atoms with E-state index >= 15 is 0 Å². The molecule has 1 heterocycles. The van der Waals surface area contributed by atoms with Crippen molar-refractivity contribution in [3.8, 4) is 0 Å². The molecule has 0 radical (unpaired) electrons. The normalized spacial score (nSPS) is 10.8. The van der Waals surface area contributed by atoms with Gasteiger partial charge in [0.15, 0.2) is 0 Å². The van der Waals surface area contributed by atoms with E-state index in [1.165, 1.54) is 0 Å². The fourth-order valence-corrected chi connectivity index (χ4v) is 2.38. The van der Waals surface area contributed by atoms with E-state index in [2.05, 4.69) is 34.0 Å². The summed E-state index contributed by atoms with van der Waals surface area (Å²) < 4.78 is 0. The van der Waals surface area contributed by atoms with Crippen LogP contribution in [0.3, 0.4) is 0 Å². The van der Waals surface area contributed by atoms with Crippen LogP contribution < -0.4 is 11.1 Å². The minimum absolute atomic E-state index is 0.321. The Kier molecular flexibility index (Phi) is 6.07. The van der Waals surface area contributed by atoms with E-state index in [-0.39, 0.29) is 0 Å². The summed E-state index contributed by atoms with van der Waals surface area (Å²) in [6.07, 6.45) is 0. The monoisotopic (exact) mass is 255 g/mol. The first-order valence-electron chi connectivity index (χ1n) is 5.87. The van der Waals surface area contributed by atoms with Crippen LogP contribution in [0.15, 0.2) is 11.1 Å². The van der Waals surface area contributed by atoms with Crippen molar-refractivity contribution in [3.63, 3.8) is 0 Å². The van der Waals surface area contributed by atoms with Crippen LogP contribution in [0.4, 0.5) is 11.8 Å². The van der Waals surface area contributed by atoms with Crippen molar-refractivity contribution < 1.29 is 0 Å². The number of nitrogen functional groups attached to an aromatic ring is 1. The molecule has 0 spiro atoms. The lowest BCUT2D eigenvalue weighted by Crippen LogP contribution is -2.25. The van der Waals surface area contributed by atoms with E-state index in [0.29, 0.717) is 5.95 Å². The van der Waals surface area contributed by atoms with Gasteiger partial charge in [0, 0.05) is 25.4 Å². The molecule has 0 aliphatic rings. The summed E-state index contributed by atoms with van der Waals surface area (Å²) in [5.41, 5.74) is 5.63. The largest absolute Gasteiger partial charge is 0.373 e. The molecule has 17 heavy (non-hydrogen) atoms. The first kappa shape index (κ1) is 14.1. The standard InChI is InChI=1S/C11H21N5S/c1-4-16(5-2)6-7-17-10-8-9(13-3)14-11(12)15-10/h8H,4-7H2,1-3H3,(H3,12,13,14,15). The molecule has 1 aromatic rings. The summed E-state index contributed by atoms with van der Waals surface area (Å²) in [5, 5.41) is 3.90. The third kappa shape index (κ3) is 4.79. The second kappa shape index (κ2) is 7.34. The highest BCUT2D eigenvalue weighted by molar-refractivity contribution is 7.99. The van der Waals surface area contributed by atoms with Gasteiger partial charge in [-0.2, -0.15) is 4.98 Å². The van der Waals surface area contributed by atoms with Gasteiger partial charge >= 0.3 is 0 Å². The Morgan fingerprint density at radius 3 is 2.65 bits per heavy atom. The van der Waals surface area contributed by atoms with Crippen LogP contribution in [0, 0.1) is 0 Å². The Labute approximate surface area is 107 Å². The highest BCUT2D eigenvalue weighted by Crippen LogP contribution is 2.19. The molecule has 0 aliphatic carbocycles. The summed E-state index contributed by atoms with van der Waals surface area (Å²) in [6.45, 7) is 7.60. The molecule has 1 rings (SSSR count). The van der Waals surface area contributed by atoms with Crippen molar-refractivity contribution in [2.45, 2.75) is 18.9 Å². The number of thioether (sulfide) groups is 1. The SMILES string of the molecule is CCN(CC)CCSc1cc(NC)nc(N)n1. The van der Waals surface area contributed by atoms with E-state index in [4.69, 9.17) is 5.73 Å². The number of aromatic nitrogens is 2.